The molecule has 0 heterocycles. The monoisotopic (exact) mass is 348 g/mol. The number of benzene rings is 2. The van der Waals surface area contributed by atoms with E-state index in [1.54, 1.807) is 13.2 Å². The number of anilines is 1. The van der Waals surface area contributed by atoms with E-state index in [-0.39, 0.29) is 18.4 Å². The van der Waals surface area contributed by atoms with E-state index < -0.39 is 0 Å². The smallest absolute Gasteiger partial charge is 0.226 e. The van der Waals surface area contributed by atoms with Crippen molar-refractivity contribution >= 4 is 27.5 Å². The summed E-state index contributed by atoms with van der Waals surface area (Å²) in [7, 11) is 1.58. The van der Waals surface area contributed by atoms with Gasteiger partial charge in [0.15, 0.2) is 0 Å². The first kappa shape index (κ1) is 15.5. The molecule has 2 rings (SSSR count). The predicted molar refractivity (Wildman–Crippen MR) is 87.3 cm³/mol. The first-order valence-electron chi connectivity index (χ1n) is 6.54. The number of amides is 1. The Balaban J connectivity index is 2.02. The average molecular weight is 349 g/mol. The van der Waals surface area contributed by atoms with Crippen LogP contribution in [0.5, 0.6) is 5.75 Å². The molecular weight excluding hydrogens is 332 g/mol. The summed E-state index contributed by atoms with van der Waals surface area (Å²) in [5.41, 5.74) is 7.65. The van der Waals surface area contributed by atoms with E-state index in [4.69, 9.17) is 10.5 Å². The highest BCUT2D eigenvalue weighted by molar-refractivity contribution is 9.10. The molecule has 0 fully saturated rings. The number of nitrogens with two attached hydrogens (primary N) is 1. The summed E-state index contributed by atoms with van der Waals surface area (Å²) in [6, 6.07) is 14.6. The first-order chi connectivity index (χ1) is 10.1. The molecule has 0 saturated carbocycles. The maximum atomic E-state index is 12.1. The quantitative estimate of drug-likeness (QED) is 0.869. The van der Waals surface area contributed by atoms with E-state index in [1.807, 2.05) is 42.5 Å². The Kier molecular flexibility index (Phi) is 5.36. The zero-order valence-electron chi connectivity index (χ0n) is 11.7. The zero-order valence-corrected chi connectivity index (χ0v) is 13.3. The minimum atomic E-state index is -0.324. The van der Waals surface area contributed by atoms with Crippen molar-refractivity contribution in [1.29, 1.82) is 0 Å². The second-order valence-electron chi connectivity index (χ2n) is 4.62. The summed E-state index contributed by atoms with van der Waals surface area (Å²) in [6.45, 7) is 0. The van der Waals surface area contributed by atoms with Crippen molar-refractivity contribution in [2.24, 2.45) is 5.73 Å². The Morgan fingerprint density at radius 1 is 1.29 bits per heavy atom. The fourth-order valence-electron chi connectivity index (χ4n) is 1.95. The molecule has 0 aromatic heterocycles. The van der Waals surface area contributed by atoms with E-state index in [9.17, 15) is 4.79 Å². The third-order valence-electron chi connectivity index (χ3n) is 3.08. The van der Waals surface area contributed by atoms with Crippen molar-refractivity contribution in [2.45, 2.75) is 12.5 Å². The van der Waals surface area contributed by atoms with Crippen LogP contribution in [-0.2, 0) is 4.79 Å². The molecule has 0 aliphatic heterocycles. The molecular formula is C16H17BrN2O2. The molecule has 0 radical (unpaired) electrons. The number of ether oxygens (including phenoxy) is 1. The van der Waals surface area contributed by atoms with Gasteiger partial charge in [0.05, 0.1) is 12.8 Å². The number of rotatable bonds is 5. The van der Waals surface area contributed by atoms with Gasteiger partial charge >= 0.3 is 0 Å². The summed E-state index contributed by atoms with van der Waals surface area (Å²) < 4.78 is 5.94. The summed E-state index contributed by atoms with van der Waals surface area (Å²) >= 11 is 3.40. The van der Waals surface area contributed by atoms with Gasteiger partial charge in [0.25, 0.3) is 0 Å². The predicted octanol–water partition coefficient (Wildman–Crippen LogP) is 3.49. The minimum absolute atomic E-state index is 0.139. The molecule has 1 atom stereocenters. The summed E-state index contributed by atoms with van der Waals surface area (Å²) in [4.78, 5) is 12.1. The Morgan fingerprint density at radius 2 is 2.00 bits per heavy atom. The zero-order chi connectivity index (χ0) is 15.2. The van der Waals surface area contributed by atoms with Gasteiger partial charge in [0, 0.05) is 23.0 Å². The van der Waals surface area contributed by atoms with Crippen molar-refractivity contribution in [3.05, 3.63) is 58.6 Å². The molecule has 2 aromatic carbocycles. The number of carbonyl (C=O) groups excluding carboxylic acids is 1. The van der Waals surface area contributed by atoms with Crippen molar-refractivity contribution in [3.8, 4) is 5.75 Å². The molecule has 21 heavy (non-hydrogen) atoms. The van der Waals surface area contributed by atoms with Crippen molar-refractivity contribution in [1.82, 2.24) is 0 Å². The van der Waals surface area contributed by atoms with Crippen LogP contribution in [0.1, 0.15) is 18.0 Å². The molecule has 3 N–H and O–H groups in total. The molecule has 5 heteroatoms. The van der Waals surface area contributed by atoms with Crippen molar-refractivity contribution in [3.63, 3.8) is 0 Å². The van der Waals surface area contributed by atoms with Gasteiger partial charge in [-0.15, -0.1) is 0 Å². The highest BCUT2D eigenvalue weighted by Gasteiger charge is 2.13. The number of methoxy groups -OCH3 is 1. The van der Waals surface area contributed by atoms with Gasteiger partial charge in [0.1, 0.15) is 5.75 Å². The lowest BCUT2D eigenvalue weighted by molar-refractivity contribution is -0.116. The normalized spacial score (nSPS) is 11.8. The van der Waals surface area contributed by atoms with E-state index in [0.29, 0.717) is 11.4 Å². The Labute approximate surface area is 132 Å². The van der Waals surface area contributed by atoms with Gasteiger partial charge in [-0.25, -0.2) is 0 Å². The molecule has 110 valence electrons. The van der Waals surface area contributed by atoms with Crippen LogP contribution in [0.15, 0.2) is 53.0 Å². The largest absolute Gasteiger partial charge is 0.497 e. The van der Waals surface area contributed by atoms with Gasteiger partial charge in [-0.05, 0) is 33.6 Å². The topological polar surface area (TPSA) is 64.3 Å². The van der Waals surface area contributed by atoms with Gasteiger partial charge in [-0.1, -0.05) is 30.3 Å². The van der Waals surface area contributed by atoms with Crippen LogP contribution in [0, 0.1) is 0 Å². The fourth-order valence-corrected chi connectivity index (χ4v) is 2.29. The van der Waals surface area contributed by atoms with Crippen LogP contribution in [0.2, 0.25) is 0 Å². The van der Waals surface area contributed by atoms with Crippen LogP contribution < -0.4 is 15.8 Å². The maximum absolute atomic E-state index is 12.1. The van der Waals surface area contributed by atoms with Crippen LogP contribution >= 0.6 is 15.9 Å². The van der Waals surface area contributed by atoms with Crippen LogP contribution in [-0.4, -0.2) is 13.0 Å². The molecule has 1 amide bonds. The van der Waals surface area contributed by atoms with Gasteiger partial charge in [-0.2, -0.15) is 0 Å². The SMILES string of the molecule is COc1ccc(Br)c(NC(=O)CC(N)c2ccccc2)c1. The number of halogens is 1. The molecule has 0 aliphatic carbocycles. The van der Waals surface area contributed by atoms with E-state index >= 15 is 0 Å². The number of carbonyl (C=O) groups is 1. The molecule has 4 nitrogen and oxygen atoms in total. The highest BCUT2D eigenvalue weighted by atomic mass is 79.9. The van der Waals surface area contributed by atoms with Gasteiger partial charge < -0.3 is 15.8 Å². The summed E-state index contributed by atoms with van der Waals surface area (Å²) in [5, 5.41) is 2.84. The van der Waals surface area contributed by atoms with Crippen LogP contribution in [0.3, 0.4) is 0 Å². The van der Waals surface area contributed by atoms with Crippen molar-refractivity contribution < 1.29 is 9.53 Å². The highest BCUT2D eigenvalue weighted by Crippen LogP contribution is 2.27. The second kappa shape index (κ2) is 7.24. The first-order valence-corrected chi connectivity index (χ1v) is 7.33. The Bertz CT molecular complexity index is 617. The number of hydrogen-bond acceptors (Lipinski definition) is 3. The maximum Gasteiger partial charge on any atom is 0.226 e. The third-order valence-corrected chi connectivity index (χ3v) is 3.77. The lowest BCUT2D eigenvalue weighted by Gasteiger charge is -2.13. The summed E-state index contributed by atoms with van der Waals surface area (Å²) in [6.07, 6.45) is 0.216. The van der Waals surface area contributed by atoms with Crippen LogP contribution in [0.25, 0.3) is 0 Å². The summed E-state index contributed by atoms with van der Waals surface area (Å²) in [5.74, 6) is 0.543. The second-order valence-corrected chi connectivity index (χ2v) is 5.47. The standard InChI is InChI=1S/C16H17BrN2O2/c1-21-12-7-8-13(17)15(9-12)19-16(20)10-14(18)11-5-3-2-4-6-11/h2-9,14H,10,18H2,1H3,(H,19,20). The van der Waals surface area contributed by atoms with Crippen LogP contribution in [0.4, 0.5) is 5.69 Å². The Morgan fingerprint density at radius 3 is 2.67 bits per heavy atom. The number of nitrogens with one attached hydrogen (secondary N) is 1. The Hall–Kier alpha value is -1.85. The van der Waals surface area contributed by atoms with Crippen molar-refractivity contribution in [2.75, 3.05) is 12.4 Å². The minimum Gasteiger partial charge on any atom is -0.497 e. The third kappa shape index (κ3) is 4.31. The fraction of sp³-hybridized carbons (Fsp3) is 0.188. The number of hydrogen-bond donors (Lipinski definition) is 2. The molecule has 0 aliphatic rings. The van der Waals surface area contributed by atoms with E-state index in [1.165, 1.54) is 0 Å². The van der Waals surface area contributed by atoms with E-state index in [0.717, 1.165) is 10.0 Å². The van der Waals surface area contributed by atoms with E-state index in [2.05, 4.69) is 21.2 Å². The molecule has 2 aromatic rings. The molecule has 0 saturated heterocycles. The van der Waals surface area contributed by atoms with Gasteiger partial charge in [0.2, 0.25) is 5.91 Å². The molecule has 1 unspecified atom stereocenters. The lowest BCUT2D eigenvalue weighted by Crippen LogP contribution is -2.20. The average Bonchev–Trinajstić information content (AvgIpc) is 2.50. The van der Waals surface area contributed by atoms with Gasteiger partial charge in [-0.3, -0.25) is 4.79 Å². The lowest BCUT2D eigenvalue weighted by atomic mass is 10.0. The molecule has 0 spiro atoms. The molecule has 0 bridgehead atoms.